The molecule has 0 saturated heterocycles. The first-order valence-electron chi connectivity index (χ1n) is 6.71. The van der Waals surface area contributed by atoms with E-state index in [1.165, 1.54) is 11.4 Å². The number of imidazole rings is 1. The van der Waals surface area contributed by atoms with E-state index in [2.05, 4.69) is 10.3 Å². The van der Waals surface area contributed by atoms with Crippen molar-refractivity contribution in [1.82, 2.24) is 14.7 Å². The molecule has 116 valence electrons. The predicted molar refractivity (Wildman–Crippen MR) is 79.8 cm³/mol. The van der Waals surface area contributed by atoms with Crippen molar-refractivity contribution < 1.29 is 13.2 Å². The molecule has 1 N–H and O–H groups in total. The highest BCUT2D eigenvalue weighted by atomic mass is 32.1. The van der Waals surface area contributed by atoms with Crippen LogP contribution in [0.25, 0.3) is 5.65 Å². The van der Waals surface area contributed by atoms with Crippen molar-refractivity contribution in [3.63, 3.8) is 0 Å². The number of aryl methyl sites for hydroxylation is 1. The third kappa shape index (κ3) is 3.15. The summed E-state index contributed by atoms with van der Waals surface area (Å²) in [5.41, 5.74) is 3.62. The van der Waals surface area contributed by atoms with Crippen LogP contribution in [0.5, 0.6) is 0 Å². The van der Waals surface area contributed by atoms with E-state index in [0.717, 1.165) is 28.2 Å². The van der Waals surface area contributed by atoms with Crippen LogP contribution < -0.4 is 5.32 Å². The normalized spacial score (nSPS) is 12.2. The molecule has 0 amide bonds. The maximum absolute atomic E-state index is 12.5. The molecule has 3 heterocycles. The van der Waals surface area contributed by atoms with Gasteiger partial charge in [-0.15, -0.1) is 11.3 Å². The highest BCUT2D eigenvalue weighted by Crippen LogP contribution is 2.34. The molecule has 0 bridgehead atoms. The predicted octanol–water partition coefficient (Wildman–Crippen LogP) is 4.01. The molecule has 0 saturated carbocycles. The van der Waals surface area contributed by atoms with E-state index in [0.29, 0.717) is 18.7 Å². The molecule has 0 spiro atoms. The van der Waals surface area contributed by atoms with E-state index in [1.807, 2.05) is 29.7 Å². The summed E-state index contributed by atoms with van der Waals surface area (Å²) in [6.07, 6.45) is -0.542. The van der Waals surface area contributed by atoms with Crippen LogP contribution in [0.3, 0.4) is 0 Å². The number of fused-ring (bicyclic) bond motifs is 1. The lowest BCUT2D eigenvalue weighted by Gasteiger charge is -2.04. The Bertz CT molecular complexity index is 789. The lowest BCUT2D eigenvalue weighted by Crippen LogP contribution is -2.13. The monoisotopic (exact) mass is 325 g/mol. The average molecular weight is 325 g/mol. The summed E-state index contributed by atoms with van der Waals surface area (Å²) in [6, 6.07) is 5.17. The molecule has 0 aliphatic heterocycles. The fourth-order valence-corrected chi connectivity index (χ4v) is 3.00. The Morgan fingerprint density at radius 2 is 2.09 bits per heavy atom. The molecule has 0 atom stereocenters. The first-order chi connectivity index (χ1) is 10.4. The van der Waals surface area contributed by atoms with E-state index in [1.54, 1.807) is 6.20 Å². The van der Waals surface area contributed by atoms with E-state index < -0.39 is 11.1 Å². The Balaban J connectivity index is 1.64. The molecule has 0 aromatic carbocycles. The van der Waals surface area contributed by atoms with Crippen molar-refractivity contribution >= 4 is 17.0 Å². The Kier molecular flexibility index (Phi) is 3.92. The first kappa shape index (κ1) is 15.1. The van der Waals surface area contributed by atoms with E-state index in [-0.39, 0.29) is 0 Å². The molecule has 3 rings (SSSR count). The summed E-state index contributed by atoms with van der Waals surface area (Å²) in [5, 5.41) is 4.69. The standard InChI is InChI=1S/C15H14F3N3S/c1-10-2-3-21-12(8-20-14(21)4-10)7-19-6-11-5-13(22-9-11)15(16,17)18/h2-5,8-9,19H,6-7H2,1H3. The van der Waals surface area contributed by atoms with Gasteiger partial charge in [-0.25, -0.2) is 4.98 Å². The molecular formula is C15H14F3N3S. The summed E-state index contributed by atoms with van der Waals surface area (Å²) < 4.78 is 39.6. The average Bonchev–Trinajstić information content (AvgIpc) is 3.05. The van der Waals surface area contributed by atoms with Gasteiger partial charge in [-0.05, 0) is 41.6 Å². The van der Waals surface area contributed by atoms with Gasteiger partial charge in [0, 0.05) is 19.3 Å². The van der Waals surface area contributed by atoms with Gasteiger partial charge in [0.15, 0.2) is 0 Å². The van der Waals surface area contributed by atoms with E-state index in [9.17, 15) is 13.2 Å². The number of hydrogen-bond donors (Lipinski definition) is 1. The number of nitrogens with one attached hydrogen (secondary N) is 1. The third-order valence-corrected chi connectivity index (χ3v) is 4.34. The van der Waals surface area contributed by atoms with Gasteiger partial charge in [0.1, 0.15) is 10.5 Å². The lowest BCUT2D eigenvalue weighted by molar-refractivity contribution is -0.134. The quantitative estimate of drug-likeness (QED) is 0.785. The number of rotatable bonds is 4. The molecule has 0 aliphatic rings. The molecule has 0 unspecified atom stereocenters. The summed E-state index contributed by atoms with van der Waals surface area (Å²) >= 11 is 0.726. The van der Waals surface area contributed by atoms with Crippen LogP contribution in [0.15, 0.2) is 36.0 Å². The SMILES string of the molecule is Cc1ccn2c(CNCc3csc(C(F)(F)F)c3)cnc2c1. The second-order valence-electron chi connectivity index (χ2n) is 5.10. The zero-order valence-electron chi connectivity index (χ0n) is 11.8. The zero-order chi connectivity index (χ0) is 15.7. The van der Waals surface area contributed by atoms with Gasteiger partial charge in [0.05, 0.1) is 11.9 Å². The van der Waals surface area contributed by atoms with Crippen LogP contribution >= 0.6 is 11.3 Å². The van der Waals surface area contributed by atoms with Crippen LogP contribution in [-0.2, 0) is 19.3 Å². The van der Waals surface area contributed by atoms with Crippen molar-refractivity contribution in [1.29, 1.82) is 0 Å². The molecule has 0 aliphatic carbocycles. The maximum Gasteiger partial charge on any atom is 0.425 e. The van der Waals surface area contributed by atoms with Crippen molar-refractivity contribution in [2.75, 3.05) is 0 Å². The number of alkyl halides is 3. The molecule has 3 aromatic heterocycles. The molecule has 3 aromatic rings. The van der Waals surface area contributed by atoms with Crippen molar-refractivity contribution in [2.24, 2.45) is 0 Å². The van der Waals surface area contributed by atoms with Crippen LogP contribution in [0.1, 0.15) is 21.7 Å². The van der Waals surface area contributed by atoms with Crippen molar-refractivity contribution in [2.45, 2.75) is 26.2 Å². The minimum Gasteiger partial charge on any atom is -0.307 e. The number of nitrogens with zero attached hydrogens (tertiary/aromatic N) is 2. The van der Waals surface area contributed by atoms with Crippen LogP contribution in [0, 0.1) is 6.92 Å². The smallest absolute Gasteiger partial charge is 0.307 e. The molecule has 22 heavy (non-hydrogen) atoms. The third-order valence-electron chi connectivity index (χ3n) is 3.31. The van der Waals surface area contributed by atoms with Gasteiger partial charge in [-0.1, -0.05) is 0 Å². The molecule has 0 radical (unpaired) electrons. The van der Waals surface area contributed by atoms with E-state index in [4.69, 9.17) is 0 Å². The van der Waals surface area contributed by atoms with Crippen molar-refractivity contribution in [3.8, 4) is 0 Å². The minimum absolute atomic E-state index is 0.395. The Morgan fingerprint density at radius 3 is 2.82 bits per heavy atom. The maximum atomic E-state index is 12.5. The molecule has 0 fully saturated rings. The van der Waals surface area contributed by atoms with Crippen molar-refractivity contribution in [3.05, 3.63) is 57.7 Å². The Morgan fingerprint density at radius 1 is 1.27 bits per heavy atom. The number of aromatic nitrogens is 2. The topological polar surface area (TPSA) is 29.3 Å². The molecule has 7 heteroatoms. The number of pyridine rings is 1. The second kappa shape index (κ2) is 5.73. The fraction of sp³-hybridized carbons (Fsp3) is 0.267. The van der Waals surface area contributed by atoms with Crippen LogP contribution in [0.2, 0.25) is 0 Å². The highest BCUT2D eigenvalue weighted by molar-refractivity contribution is 7.10. The lowest BCUT2D eigenvalue weighted by atomic mass is 10.3. The fourth-order valence-electron chi connectivity index (χ4n) is 2.22. The highest BCUT2D eigenvalue weighted by Gasteiger charge is 2.32. The summed E-state index contributed by atoms with van der Waals surface area (Å²) in [4.78, 5) is 3.76. The van der Waals surface area contributed by atoms with Gasteiger partial charge in [-0.2, -0.15) is 13.2 Å². The number of halogens is 3. The van der Waals surface area contributed by atoms with Gasteiger partial charge >= 0.3 is 6.18 Å². The summed E-state index contributed by atoms with van der Waals surface area (Å²) in [7, 11) is 0. The van der Waals surface area contributed by atoms with Crippen LogP contribution in [-0.4, -0.2) is 9.38 Å². The summed E-state index contributed by atoms with van der Waals surface area (Å²) in [6.45, 7) is 2.94. The number of hydrogen-bond acceptors (Lipinski definition) is 3. The second-order valence-corrected chi connectivity index (χ2v) is 6.01. The molecule has 3 nitrogen and oxygen atoms in total. The zero-order valence-corrected chi connectivity index (χ0v) is 12.6. The van der Waals surface area contributed by atoms with Gasteiger partial charge in [-0.3, -0.25) is 0 Å². The first-order valence-corrected chi connectivity index (χ1v) is 7.59. The van der Waals surface area contributed by atoms with E-state index >= 15 is 0 Å². The van der Waals surface area contributed by atoms with Gasteiger partial charge in [0.25, 0.3) is 0 Å². The Hall–Kier alpha value is -1.86. The van der Waals surface area contributed by atoms with Gasteiger partial charge in [0.2, 0.25) is 0 Å². The Labute approximate surface area is 129 Å². The van der Waals surface area contributed by atoms with Gasteiger partial charge < -0.3 is 9.72 Å². The summed E-state index contributed by atoms with van der Waals surface area (Å²) in [5.74, 6) is 0. The number of thiophene rings is 1. The largest absolute Gasteiger partial charge is 0.425 e. The van der Waals surface area contributed by atoms with Crippen LogP contribution in [0.4, 0.5) is 13.2 Å². The minimum atomic E-state index is -4.26. The molecular weight excluding hydrogens is 311 g/mol.